The van der Waals surface area contributed by atoms with Gasteiger partial charge in [-0.05, 0) is 17.7 Å². The Morgan fingerprint density at radius 1 is 1.00 bits per heavy atom. The third-order valence-electron chi connectivity index (χ3n) is 2.73. The third kappa shape index (κ3) is 3.19. The maximum absolute atomic E-state index is 12.3. The molecule has 0 heterocycles. The maximum Gasteiger partial charge on any atom is 0.387 e. The van der Waals surface area contributed by atoms with E-state index in [1.165, 1.54) is 24.3 Å². The van der Waals surface area contributed by atoms with E-state index < -0.39 is 18.5 Å². The lowest BCUT2D eigenvalue weighted by Crippen LogP contribution is -2.15. The zero-order chi connectivity index (χ0) is 14.5. The van der Waals surface area contributed by atoms with Gasteiger partial charge in [0.15, 0.2) is 5.78 Å². The topological polar surface area (TPSA) is 46.5 Å². The molecular formula is C15H12F2O3. The summed E-state index contributed by atoms with van der Waals surface area (Å²) in [6.07, 6.45) is -1.42. The molecule has 3 nitrogen and oxygen atoms in total. The van der Waals surface area contributed by atoms with Gasteiger partial charge in [-0.3, -0.25) is 4.79 Å². The second kappa shape index (κ2) is 6.25. The van der Waals surface area contributed by atoms with Gasteiger partial charge in [-0.25, -0.2) is 0 Å². The molecule has 5 heteroatoms. The number of Topliss-reactive ketones (excluding diaryl/α,β-unsaturated/α-hetero) is 1. The summed E-state index contributed by atoms with van der Waals surface area (Å²) in [4.78, 5) is 12.2. The molecule has 0 aliphatic rings. The van der Waals surface area contributed by atoms with Crippen molar-refractivity contribution in [2.75, 3.05) is 0 Å². The number of carbonyl (C=O) groups excluding carboxylic acids is 1. The van der Waals surface area contributed by atoms with E-state index in [0.717, 1.165) is 0 Å². The average Bonchev–Trinajstić information content (AvgIpc) is 2.46. The van der Waals surface area contributed by atoms with Crippen LogP contribution in [0.1, 0.15) is 22.0 Å². The molecule has 2 aromatic rings. The molecule has 1 atom stereocenters. The Labute approximate surface area is 114 Å². The molecule has 0 saturated carbocycles. The summed E-state index contributed by atoms with van der Waals surface area (Å²) in [5, 5.41) is 10.0. The number of carbonyl (C=O) groups is 1. The minimum atomic E-state index is -3.03. The molecule has 0 amide bonds. The van der Waals surface area contributed by atoms with Gasteiger partial charge >= 0.3 is 6.61 Å². The van der Waals surface area contributed by atoms with Crippen molar-refractivity contribution < 1.29 is 23.4 Å². The molecule has 0 bridgehead atoms. The van der Waals surface area contributed by atoms with E-state index in [1.54, 1.807) is 30.3 Å². The highest BCUT2D eigenvalue weighted by molar-refractivity contribution is 6.02. The number of ketones is 1. The molecule has 0 radical (unpaired) electrons. The van der Waals surface area contributed by atoms with E-state index >= 15 is 0 Å². The first kappa shape index (κ1) is 14.1. The predicted octanol–water partition coefficient (Wildman–Crippen LogP) is 3.20. The second-order valence-electron chi connectivity index (χ2n) is 4.05. The number of aliphatic hydroxyl groups is 1. The second-order valence-corrected chi connectivity index (χ2v) is 4.05. The molecule has 0 aliphatic heterocycles. The van der Waals surface area contributed by atoms with Gasteiger partial charge in [0.25, 0.3) is 0 Å². The number of hydrogen-bond acceptors (Lipinski definition) is 3. The molecule has 104 valence electrons. The zero-order valence-electron chi connectivity index (χ0n) is 10.4. The summed E-state index contributed by atoms with van der Waals surface area (Å²) in [6, 6.07) is 13.9. The Morgan fingerprint density at radius 2 is 1.60 bits per heavy atom. The quantitative estimate of drug-likeness (QED) is 0.854. The van der Waals surface area contributed by atoms with Gasteiger partial charge in [-0.1, -0.05) is 42.5 Å². The van der Waals surface area contributed by atoms with Crippen LogP contribution in [0.15, 0.2) is 54.6 Å². The van der Waals surface area contributed by atoms with Crippen LogP contribution in [0, 0.1) is 0 Å². The van der Waals surface area contributed by atoms with Crippen molar-refractivity contribution in [1.29, 1.82) is 0 Å². The summed E-state index contributed by atoms with van der Waals surface area (Å²) >= 11 is 0. The highest BCUT2D eigenvalue weighted by Gasteiger charge is 2.23. The third-order valence-corrected chi connectivity index (χ3v) is 2.73. The van der Waals surface area contributed by atoms with Crippen LogP contribution >= 0.6 is 0 Å². The summed E-state index contributed by atoms with van der Waals surface area (Å²) < 4.78 is 28.9. The van der Waals surface area contributed by atoms with E-state index in [-0.39, 0.29) is 11.3 Å². The number of benzene rings is 2. The monoisotopic (exact) mass is 278 g/mol. The number of ether oxygens (including phenoxy) is 1. The van der Waals surface area contributed by atoms with Gasteiger partial charge in [0.1, 0.15) is 11.9 Å². The maximum atomic E-state index is 12.3. The van der Waals surface area contributed by atoms with Gasteiger partial charge in [0, 0.05) is 0 Å². The van der Waals surface area contributed by atoms with Crippen LogP contribution in [-0.4, -0.2) is 17.5 Å². The molecule has 0 aromatic heterocycles. The van der Waals surface area contributed by atoms with E-state index in [9.17, 15) is 18.7 Å². The molecule has 0 spiro atoms. The predicted molar refractivity (Wildman–Crippen MR) is 68.8 cm³/mol. The van der Waals surface area contributed by atoms with Crippen LogP contribution in [0.4, 0.5) is 8.78 Å². The Hall–Kier alpha value is -2.27. The first-order valence-electron chi connectivity index (χ1n) is 5.90. The van der Waals surface area contributed by atoms with Crippen LogP contribution in [-0.2, 0) is 0 Å². The molecular weight excluding hydrogens is 266 g/mol. The Morgan fingerprint density at radius 3 is 2.25 bits per heavy atom. The van der Waals surface area contributed by atoms with E-state index in [2.05, 4.69) is 4.74 Å². The normalized spacial score (nSPS) is 12.2. The van der Waals surface area contributed by atoms with Gasteiger partial charge in [0.2, 0.25) is 0 Å². The van der Waals surface area contributed by atoms with Crippen LogP contribution in [0.2, 0.25) is 0 Å². The van der Waals surface area contributed by atoms with Crippen LogP contribution in [0.25, 0.3) is 0 Å². The number of rotatable bonds is 5. The molecule has 20 heavy (non-hydrogen) atoms. The van der Waals surface area contributed by atoms with Gasteiger partial charge in [-0.2, -0.15) is 8.78 Å². The number of alkyl halides is 2. The van der Waals surface area contributed by atoms with Crippen molar-refractivity contribution in [3.63, 3.8) is 0 Å². The molecule has 0 aliphatic carbocycles. The van der Waals surface area contributed by atoms with E-state index in [0.29, 0.717) is 5.56 Å². The van der Waals surface area contributed by atoms with Crippen LogP contribution in [0.5, 0.6) is 5.75 Å². The van der Waals surface area contributed by atoms with Crippen molar-refractivity contribution in [3.05, 3.63) is 65.7 Å². The summed E-state index contributed by atoms with van der Waals surface area (Å²) in [5.41, 5.74) is 0.313. The fraction of sp³-hybridized carbons (Fsp3) is 0.133. The van der Waals surface area contributed by atoms with E-state index in [1.807, 2.05) is 0 Å². The summed E-state index contributed by atoms with van der Waals surface area (Å²) in [6.45, 7) is -3.03. The molecule has 2 aromatic carbocycles. The van der Waals surface area contributed by atoms with Crippen molar-refractivity contribution >= 4 is 5.78 Å². The van der Waals surface area contributed by atoms with Gasteiger partial charge in [0.05, 0.1) is 5.56 Å². The first-order chi connectivity index (χ1) is 9.59. The smallest absolute Gasteiger partial charge is 0.387 e. The standard InChI is InChI=1S/C15H12F2O3/c16-15(17)20-12-9-5-4-8-11(12)14(19)13(18)10-6-2-1-3-7-10/h1-9,13,15,18H. The highest BCUT2D eigenvalue weighted by Crippen LogP contribution is 2.26. The van der Waals surface area contributed by atoms with Crippen molar-refractivity contribution in [2.24, 2.45) is 0 Å². The van der Waals surface area contributed by atoms with Gasteiger partial charge < -0.3 is 9.84 Å². The van der Waals surface area contributed by atoms with Crippen molar-refractivity contribution in [2.45, 2.75) is 12.7 Å². The number of halogens is 2. The fourth-order valence-electron chi connectivity index (χ4n) is 1.80. The highest BCUT2D eigenvalue weighted by atomic mass is 19.3. The Kier molecular flexibility index (Phi) is 4.42. The first-order valence-corrected chi connectivity index (χ1v) is 5.90. The zero-order valence-corrected chi connectivity index (χ0v) is 10.4. The van der Waals surface area contributed by atoms with Crippen LogP contribution < -0.4 is 4.74 Å². The molecule has 0 saturated heterocycles. The van der Waals surface area contributed by atoms with Crippen molar-refractivity contribution in [1.82, 2.24) is 0 Å². The minimum Gasteiger partial charge on any atom is -0.434 e. The van der Waals surface area contributed by atoms with E-state index in [4.69, 9.17) is 0 Å². The van der Waals surface area contributed by atoms with Crippen LogP contribution in [0.3, 0.4) is 0 Å². The molecule has 0 fully saturated rings. The minimum absolute atomic E-state index is 0.0795. The lowest BCUT2D eigenvalue weighted by Gasteiger charge is -2.13. The SMILES string of the molecule is O=C(c1ccccc1OC(F)F)C(O)c1ccccc1. The number of aliphatic hydroxyl groups excluding tert-OH is 1. The number of para-hydroxylation sites is 1. The lowest BCUT2D eigenvalue weighted by molar-refractivity contribution is -0.0502. The molecule has 1 N–H and O–H groups in total. The Bertz CT molecular complexity index is 585. The Balaban J connectivity index is 2.29. The summed E-state index contributed by atoms with van der Waals surface area (Å²) in [5.74, 6) is -0.935. The van der Waals surface area contributed by atoms with Crippen molar-refractivity contribution in [3.8, 4) is 5.75 Å². The number of hydrogen-bond donors (Lipinski definition) is 1. The molecule has 2 rings (SSSR count). The average molecular weight is 278 g/mol. The summed E-state index contributed by atoms with van der Waals surface area (Å²) in [7, 11) is 0. The van der Waals surface area contributed by atoms with Gasteiger partial charge in [-0.15, -0.1) is 0 Å². The fourth-order valence-corrected chi connectivity index (χ4v) is 1.80. The molecule has 1 unspecified atom stereocenters. The lowest BCUT2D eigenvalue weighted by atomic mass is 9.99. The largest absolute Gasteiger partial charge is 0.434 e.